The molecule has 0 aromatic carbocycles. The fourth-order valence-corrected chi connectivity index (χ4v) is 4.04. The molecule has 0 radical (unpaired) electrons. The molecule has 2 fully saturated rings. The molecule has 0 unspecified atom stereocenters. The van der Waals surface area contributed by atoms with Crippen LogP contribution in [0.15, 0.2) is 40.5 Å². The first-order chi connectivity index (χ1) is 12.1. The van der Waals surface area contributed by atoms with Crippen LogP contribution in [-0.2, 0) is 11.3 Å². The second-order valence-electron chi connectivity index (χ2n) is 6.46. The number of hydrogen-bond donors (Lipinski definition) is 1. The Morgan fingerprint density at radius 2 is 2.16 bits per heavy atom. The van der Waals surface area contributed by atoms with Crippen molar-refractivity contribution >= 4 is 23.3 Å². The van der Waals surface area contributed by atoms with Crippen LogP contribution in [0.25, 0.3) is 0 Å². The Labute approximate surface area is 149 Å². The number of furan rings is 1. The summed E-state index contributed by atoms with van der Waals surface area (Å²) in [6.07, 6.45) is 4.26. The van der Waals surface area contributed by atoms with Gasteiger partial charge in [0.15, 0.2) is 0 Å². The van der Waals surface area contributed by atoms with Gasteiger partial charge >= 0.3 is 6.09 Å². The lowest BCUT2D eigenvalue weighted by atomic mass is 9.90. The predicted octanol–water partition coefficient (Wildman–Crippen LogP) is 2.47. The fourth-order valence-electron chi connectivity index (χ4n) is 3.37. The third kappa shape index (κ3) is 3.40. The zero-order valence-electron chi connectivity index (χ0n) is 13.6. The Morgan fingerprint density at radius 1 is 1.32 bits per heavy atom. The van der Waals surface area contributed by atoms with Crippen molar-refractivity contribution in [3.8, 4) is 0 Å². The summed E-state index contributed by atoms with van der Waals surface area (Å²) in [5, 5.41) is 3.24. The zero-order valence-corrected chi connectivity index (χ0v) is 14.5. The molecule has 1 N–H and O–H groups in total. The maximum absolute atomic E-state index is 12.6. The number of thiophene rings is 1. The summed E-state index contributed by atoms with van der Waals surface area (Å²) in [5.41, 5.74) is 3.05. The van der Waals surface area contributed by atoms with E-state index in [0.29, 0.717) is 24.3 Å². The minimum absolute atomic E-state index is 0.188. The van der Waals surface area contributed by atoms with Gasteiger partial charge in [-0.2, -0.15) is 0 Å². The number of hydrogen-bond acceptors (Lipinski definition) is 6. The minimum Gasteiger partial charge on any atom is -0.472 e. The number of nitrogens with zero attached hydrogens (tertiary/aromatic N) is 2. The Balaban J connectivity index is 1.41. The van der Waals surface area contributed by atoms with E-state index < -0.39 is 11.7 Å². The number of rotatable bonds is 3. The molecular formula is C17H19N3O4S. The lowest BCUT2D eigenvalue weighted by molar-refractivity contribution is -0.0887. The number of carbonyl (C=O) groups excluding carboxylic acids is 2. The molecule has 2 aliphatic heterocycles. The molecule has 0 bridgehead atoms. The van der Waals surface area contributed by atoms with Gasteiger partial charge in [-0.25, -0.2) is 15.2 Å². The summed E-state index contributed by atoms with van der Waals surface area (Å²) < 4.78 is 10.7. The smallest absolute Gasteiger partial charge is 0.426 e. The van der Waals surface area contributed by atoms with E-state index in [1.54, 1.807) is 18.6 Å². The second-order valence-corrected chi connectivity index (χ2v) is 7.41. The van der Waals surface area contributed by atoms with Crippen LogP contribution in [0.3, 0.4) is 0 Å². The van der Waals surface area contributed by atoms with Gasteiger partial charge in [0.25, 0.3) is 5.91 Å². The van der Waals surface area contributed by atoms with E-state index in [4.69, 9.17) is 9.15 Å². The van der Waals surface area contributed by atoms with Crippen LogP contribution in [0.4, 0.5) is 4.79 Å². The molecule has 132 valence electrons. The summed E-state index contributed by atoms with van der Waals surface area (Å²) in [6.45, 7) is 2.80. The summed E-state index contributed by atoms with van der Waals surface area (Å²) in [7, 11) is 0. The SMILES string of the molecule is O=C1NN(C(=O)c2cccs2)CC2(CCN(Cc3ccoc3)CC2)O1. The van der Waals surface area contributed by atoms with Gasteiger partial charge in [-0.15, -0.1) is 11.3 Å². The highest BCUT2D eigenvalue weighted by Gasteiger charge is 2.45. The van der Waals surface area contributed by atoms with Gasteiger partial charge in [0.05, 0.1) is 23.9 Å². The third-order valence-corrected chi connectivity index (χ3v) is 5.57. The normalized spacial score (nSPS) is 20.3. The van der Waals surface area contributed by atoms with Gasteiger partial charge in [-0.1, -0.05) is 6.07 Å². The van der Waals surface area contributed by atoms with Gasteiger partial charge in [0.2, 0.25) is 0 Å². The van der Waals surface area contributed by atoms with Crippen LogP contribution < -0.4 is 5.43 Å². The van der Waals surface area contributed by atoms with Crippen molar-refractivity contribution in [3.63, 3.8) is 0 Å². The molecular weight excluding hydrogens is 342 g/mol. The predicted molar refractivity (Wildman–Crippen MR) is 90.9 cm³/mol. The molecule has 2 amide bonds. The molecule has 0 atom stereocenters. The molecule has 4 heterocycles. The van der Waals surface area contributed by atoms with Crippen molar-refractivity contribution in [1.82, 2.24) is 15.3 Å². The zero-order chi connectivity index (χ0) is 17.3. The van der Waals surface area contributed by atoms with Crippen molar-refractivity contribution < 1.29 is 18.7 Å². The third-order valence-electron chi connectivity index (χ3n) is 4.71. The van der Waals surface area contributed by atoms with E-state index >= 15 is 0 Å². The van der Waals surface area contributed by atoms with Crippen molar-refractivity contribution in [1.29, 1.82) is 0 Å². The van der Waals surface area contributed by atoms with Crippen LogP contribution in [0.1, 0.15) is 28.1 Å². The first kappa shape index (κ1) is 16.2. The lowest BCUT2D eigenvalue weighted by Crippen LogP contribution is -2.63. The average Bonchev–Trinajstić information content (AvgIpc) is 3.29. The van der Waals surface area contributed by atoms with E-state index in [1.165, 1.54) is 16.3 Å². The Morgan fingerprint density at radius 3 is 2.84 bits per heavy atom. The molecule has 2 aromatic heterocycles. The molecule has 0 aliphatic carbocycles. The Kier molecular flexibility index (Phi) is 4.22. The molecule has 2 aromatic rings. The first-order valence-corrected chi connectivity index (χ1v) is 9.10. The summed E-state index contributed by atoms with van der Waals surface area (Å²) in [4.78, 5) is 27.5. The Hall–Kier alpha value is -2.32. The van der Waals surface area contributed by atoms with Gasteiger partial charge in [-0.3, -0.25) is 9.69 Å². The van der Waals surface area contributed by atoms with E-state index in [2.05, 4.69) is 10.3 Å². The largest absolute Gasteiger partial charge is 0.472 e. The van der Waals surface area contributed by atoms with Crippen molar-refractivity contribution in [2.24, 2.45) is 0 Å². The van der Waals surface area contributed by atoms with Crippen LogP contribution >= 0.6 is 11.3 Å². The Bertz CT molecular complexity index is 736. The van der Waals surface area contributed by atoms with Crippen LogP contribution in [0.5, 0.6) is 0 Å². The topological polar surface area (TPSA) is 75.0 Å². The second kappa shape index (κ2) is 6.53. The van der Waals surface area contributed by atoms with Gasteiger partial charge in [-0.05, 0) is 17.5 Å². The van der Waals surface area contributed by atoms with Crippen LogP contribution in [0, 0.1) is 0 Å². The van der Waals surface area contributed by atoms with Gasteiger partial charge < -0.3 is 9.15 Å². The quantitative estimate of drug-likeness (QED) is 0.909. The van der Waals surface area contributed by atoms with Crippen molar-refractivity contribution in [3.05, 3.63) is 46.5 Å². The van der Waals surface area contributed by atoms with Crippen LogP contribution in [0.2, 0.25) is 0 Å². The van der Waals surface area contributed by atoms with Crippen LogP contribution in [-0.4, -0.2) is 47.1 Å². The number of carbonyl (C=O) groups is 2. The maximum Gasteiger partial charge on any atom is 0.426 e. The maximum atomic E-state index is 12.6. The van der Waals surface area contributed by atoms with E-state index in [-0.39, 0.29) is 5.91 Å². The van der Waals surface area contributed by atoms with Gasteiger partial charge in [0.1, 0.15) is 5.60 Å². The first-order valence-electron chi connectivity index (χ1n) is 8.22. The monoisotopic (exact) mass is 361 g/mol. The molecule has 2 saturated heterocycles. The number of piperidine rings is 1. The standard InChI is InChI=1S/C17H19N3O4S/c21-15(14-2-1-9-25-14)20-12-17(24-16(22)18-20)4-6-19(7-5-17)10-13-3-8-23-11-13/h1-3,8-9,11H,4-7,10,12H2,(H,18,22). The number of amides is 2. The number of ether oxygens (including phenoxy) is 1. The number of hydrazine groups is 1. The molecule has 8 heteroatoms. The van der Waals surface area contributed by atoms with E-state index in [1.807, 2.05) is 17.5 Å². The molecule has 7 nitrogen and oxygen atoms in total. The highest BCUT2D eigenvalue weighted by Crippen LogP contribution is 2.31. The van der Waals surface area contributed by atoms with Crippen molar-refractivity contribution in [2.45, 2.75) is 25.0 Å². The lowest BCUT2D eigenvalue weighted by Gasteiger charge is -2.46. The highest BCUT2D eigenvalue weighted by atomic mass is 32.1. The minimum atomic E-state index is -0.609. The molecule has 25 heavy (non-hydrogen) atoms. The van der Waals surface area contributed by atoms with E-state index in [0.717, 1.165) is 25.2 Å². The summed E-state index contributed by atoms with van der Waals surface area (Å²) in [6, 6.07) is 5.54. The fraction of sp³-hybridized carbons (Fsp3) is 0.412. The number of nitrogens with one attached hydrogen (secondary N) is 1. The molecule has 2 aliphatic rings. The summed E-state index contributed by atoms with van der Waals surface area (Å²) in [5.74, 6) is -0.188. The molecule has 4 rings (SSSR count). The van der Waals surface area contributed by atoms with E-state index in [9.17, 15) is 9.59 Å². The molecule has 1 spiro atoms. The average molecular weight is 361 g/mol. The molecule has 0 saturated carbocycles. The summed E-state index contributed by atoms with van der Waals surface area (Å²) >= 11 is 1.36. The number of likely N-dealkylation sites (tertiary alicyclic amines) is 1. The van der Waals surface area contributed by atoms with Crippen molar-refractivity contribution in [2.75, 3.05) is 19.6 Å². The highest BCUT2D eigenvalue weighted by molar-refractivity contribution is 7.12. The van der Waals surface area contributed by atoms with Gasteiger partial charge in [0, 0.05) is 38.0 Å².